The highest BCUT2D eigenvalue weighted by atomic mass is 16.5. The minimum atomic E-state index is -0.176. The molecule has 1 aliphatic rings. The van der Waals surface area contributed by atoms with Gasteiger partial charge in [0.1, 0.15) is 5.69 Å². The first-order valence-corrected chi connectivity index (χ1v) is 6.97. The van der Waals surface area contributed by atoms with Crippen LogP contribution in [0.5, 0.6) is 5.88 Å². The van der Waals surface area contributed by atoms with Crippen LogP contribution in [0.1, 0.15) is 26.4 Å². The number of nitrogens with zero attached hydrogens (tertiary/aromatic N) is 3. The Morgan fingerprint density at radius 3 is 2.57 bits per heavy atom. The number of pyridine rings is 1. The van der Waals surface area contributed by atoms with Gasteiger partial charge in [-0.3, -0.25) is 9.59 Å². The van der Waals surface area contributed by atoms with Crippen molar-refractivity contribution in [3.8, 4) is 22.8 Å². The Hall–Kier alpha value is -3.28. The zero-order valence-electron chi connectivity index (χ0n) is 12.2. The van der Waals surface area contributed by atoms with E-state index in [-0.39, 0.29) is 11.5 Å². The third-order valence-corrected chi connectivity index (χ3v) is 3.85. The number of carbonyl (C=O) groups is 2. The normalized spacial score (nSPS) is 12.0. The first-order valence-electron chi connectivity index (χ1n) is 6.97. The summed E-state index contributed by atoms with van der Waals surface area (Å²) in [5.74, 6) is 0.301. The maximum atomic E-state index is 12.6. The predicted molar refractivity (Wildman–Crippen MR) is 82.2 cm³/mol. The molecule has 0 bridgehead atoms. The average Bonchev–Trinajstić information content (AvgIpc) is 3.13. The third-order valence-electron chi connectivity index (χ3n) is 3.85. The van der Waals surface area contributed by atoms with Gasteiger partial charge in [0.25, 0.3) is 0 Å². The molecule has 4 rings (SSSR count). The van der Waals surface area contributed by atoms with Crippen LogP contribution in [-0.2, 0) is 0 Å². The number of ketones is 1. The second-order valence-electron chi connectivity index (χ2n) is 5.07. The van der Waals surface area contributed by atoms with Gasteiger partial charge in [-0.05, 0) is 6.07 Å². The van der Waals surface area contributed by atoms with Crippen LogP contribution in [-0.4, -0.2) is 33.9 Å². The number of aromatic nitrogens is 3. The van der Waals surface area contributed by atoms with E-state index in [1.807, 2.05) is 12.1 Å². The van der Waals surface area contributed by atoms with Crippen molar-refractivity contribution in [2.24, 2.45) is 0 Å². The molecule has 0 unspecified atom stereocenters. The lowest BCUT2D eigenvalue weighted by molar-refractivity contribution is 0.103. The Kier molecular flexibility index (Phi) is 2.84. The zero-order valence-corrected chi connectivity index (χ0v) is 12.2. The van der Waals surface area contributed by atoms with E-state index in [4.69, 9.17) is 4.74 Å². The van der Waals surface area contributed by atoms with Crippen molar-refractivity contribution >= 4 is 12.1 Å². The highest BCUT2D eigenvalue weighted by molar-refractivity contribution is 6.23. The van der Waals surface area contributed by atoms with E-state index in [1.54, 1.807) is 35.1 Å². The van der Waals surface area contributed by atoms with Crippen molar-refractivity contribution in [1.29, 1.82) is 0 Å². The molecule has 0 saturated carbocycles. The van der Waals surface area contributed by atoms with Gasteiger partial charge in [-0.1, -0.05) is 24.3 Å². The van der Waals surface area contributed by atoms with Gasteiger partial charge in [0.15, 0.2) is 12.1 Å². The zero-order chi connectivity index (χ0) is 16.0. The number of carbonyl (C=O) groups excluding carboxylic acids is 2. The lowest BCUT2D eigenvalue weighted by atomic mass is 10.1. The molecule has 1 aliphatic carbocycles. The van der Waals surface area contributed by atoms with Crippen LogP contribution >= 0.6 is 0 Å². The molecule has 0 atom stereocenters. The molecule has 0 saturated heterocycles. The largest absolute Gasteiger partial charge is 0.481 e. The predicted octanol–water partition coefficient (Wildman–Crippen LogP) is 2.30. The van der Waals surface area contributed by atoms with E-state index < -0.39 is 0 Å². The lowest BCUT2D eigenvalue weighted by Gasteiger charge is -2.07. The van der Waals surface area contributed by atoms with E-state index >= 15 is 0 Å². The fraction of sp³-hybridized carbons (Fsp3) is 0.0588. The summed E-state index contributed by atoms with van der Waals surface area (Å²) in [6.07, 6.45) is 2.20. The number of hydrogen-bond donors (Lipinski definition) is 0. The lowest BCUT2D eigenvalue weighted by Crippen LogP contribution is -2.02. The van der Waals surface area contributed by atoms with Crippen LogP contribution < -0.4 is 4.74 Å². The molecule has 2 aromatic heterocycles. The number of aldehydes is 1. The van der Waals surface area contributed by atoms with E-state index in [0.717, 1.165) is 5.56 Å². The van der Waals surface area contributed by atoms with Crippen molar-refractivity contribution in [1.82, 2.24) is 14.8 Å². The van der Waals surface area contributed by atoms with Crippen LogP contribution in [0.4, 0.5) is 0 Å². The molecule has 0 radical (unpaired) electrons. The molecule has 0 aliphatic heterocycles. The van der Waals surface area contributed by atoms with Gasteiger partial charge in [-0.25, -0.2) is 9.67 Å². The highest BCUT2D eigenvalue weighted by Gasteiger charge is 2.34. The summed E-state index contributed by atoms with van der Waals surface area (Å²) < 4.78 is 6.62. The summed E-state index contributed by atoms with van der Waals surface area (Å²) in [6.45, 7) is 0. The average molecular weight is 305 g/mol. The molecule has 1 aromatic carbocycles. The quantitative estimate of drug-likeness (QED) is 0.543. The maximum absolute atomic E-state index is 12.6. The fourth-order valence-electron chi connectivity index (χ4n) is 2.82. The van der Waals surface area contributed by atoms with Gasteiger partial charge in [0.05, 0.1) is 30.3 Å². The topological polar surface area (TPSA) is 74.1 Å². The minimum Gasteiger partial charge on any atom is -0.481 e. The van der Waals surface area contributed by atoms with Gasteiger partial charge < -0.3 is 4.74 Å². The summed E-state index contributed by atoms with van der Waals surface area (Å²) in [7, 11) is 1.53. The molecule has 0 spiro atoms. The molecule has 6 nitrogen and oxygen atoms in total. The molecule has 0 amide bonds. The number of methoxy groups -OCH3 is 1. The van der Waals surface area contributed by atoms with E-state index in [9.17, 15) is 9.59 Å². The van der Waals surface area contributed by atoms with Crippen molar-refractivity contribution < 1.29 is 14.3 Å². The standard InChI is InChI=1S/C17H11N3O3/c1-23-14-7-6-10(8-18-14)20-16-11-4-2-3-5-12(11)17(22)15(16)13(9-21)19-20/h2-9H,1H3. The molecule has 23 heavy (non-hydrogen) atoms. The van der Waals surface area contributed by atoms with E-state index in [1.165, 1.54) is 7.11 Å². The van der Waals surface area contributed by atoms with Crippen LogP contribution in [0, 0.1) is 0 Å². The van der Waals surface area contributed by atoms with Gasteiger partial charge in [0, 0.05) is 17.2 Å². The Morgan fingerprint density at radius 2 is 1.91 bits per heavy atom. The summed E-state index contributed by atoms with van der Waals surface area (Å²) in [4.78, 5) is 28.1. The van der Waals surface area contributed by atoms with Crippen LogP contribution in [0.2, 0.25) is 0 Å². The Labute approximate surface area is 131 Å². The Morgan fingerprint density at radius 1 is 1.13 bits per heavy atom. The van der Waals surface area contributed by atoms with Crippen molar-refractivity contribution in [2.45, 2.75) is 0 Å². The number of fused-ring (bicyclic) bond motifs is 3. The highest BCUT2D eigenvalue weighted by Crippen LogP contribution is 2.39. The van der Waals surface area contributed by atoms with Crippen LogP contribution in [0.15, 0.2) is 42.6 Å². The van der Waals surface area contributed by atoms with Gasteiger partial charge in [-0.15, -0.1) is 0 Å². The fourth-order valence-corrected chi connectivity index (χ4v) is 2.82. The molecule has 112 valence electrons. The monoisotopic (exact) mass is 305 g/mol. The number of hydrogen-bond acceptors (Lipinski definition) is 5. The summed E-state index contributed by atoms with van der Waals surface area (Å²) in [6, 6.07) is 10.7. The second kappa shape index (κ2) is 4.88. The van der Waals surface area contributed by atoms with Gasteiger partial charge in [-0.2, -0.15) is 5.10 Å². The van der Waals surface area contributed by atoms with Crippen molar-refractivity contribution in [2.75, 3.05) is 7.11 Å². The summed E-state index contributed by atoms with van der Waals surface area (Å²) in [5.41, 5.74) is 3.11. The first kappa shape index (κ1) is 13.4. The summed E-state index contributed by atoms with van der Waals surface area (Å²) >= 11 is 0. The second-order valence-corrected chi connectivity index (χ2v) is 5.07. The van der Waals surface area contributed by atoms with Gasteiger partial charge in [0.2, 0.25) is 5.88 Å². The Bertz CT molecular complexity index is 942. The van der Waals surface area contributed by atoms with Crippen molar-refractivity contribution in [3.05, 3.63) is 59.4 Å². The number of benzene rings is 1. The van der Waals surface area contributed by atoms with Crippen LogP contribution in [0.3, 0.4) is 0 Å². The molecular formula is C17H11N3O3. The third kappa shape index (κ3) is 1.81. The Balaban J connectivity index is 1.99. The minimum absolute atomic E-state index is 0.136. The van der Waals surface area contributed by atoms with E-state index in [0.29, 0.717) is 34.7 Å². The summed E-state index contributed by atoms with van der Waals surface area (Å²) in [5, 5.41) is 4.27. The molecule has 2 heterocycles. The maximum Gasteiger partial charge on any atom is 0.213 e. The number of rotatable bonds is 3. The van der Waals surface area contributed by atoms with Gasteiger partial charge >= 0.3 is 0 Å². The molecule has 0 fully saturated rings. The van der Waals surface area contributed by atoms with E-state index in [2.05, 4.69) is 10.1 Å². The molecular weight excluding hydrogens is 294 g/mol. The molecule has 3 aromatic rings. The SMILES string of the molecule is COc1ccc(-n2nc(C=O)c3c2-c2ccccc2C3=O)cn1. The molecule has 0 N–H and O–H groups in total. The molecule has 6 heteroatoms. The first-order chi connectivity index (χ1) is 11.2. The smallest absolute Gasteiger partial charge is 0.213 e. The number of ether oxygens (including phenoxy) is 1. The van der Waals surface area contributed by atoms with Crippen molar-refractivity contribution in [3.63, 3.8) is 0 Å². The van der Waals surface area contributed by atoms with Crippen LogP contribution in [0.25, 0.3) is 16.9 Å².